The van der Waals surface area contributed by atoms with Crippen molar-refractivity contribution in [3.63, 3.8) is 0 Å². The summed E-state index contributed by atoms with van der Waals surface area (Å²) in [5.74, 6) is -0.432. The van der Waals surface area contributed by atoms with Crippen molar-refractivity contribution >= 4 is 21.8 Å². The van der Waals surface area contributed by atoms with Crippen LogP contribution >= 0.6 is 0 Å². The molecule has 0 amide bonds. The minimum Gasteiger partial charge on any atom is -0.253 e. The van der Waals surface area contributed by atoms with Gasteiger partial charge in [0.05, 0.1) is 29.0 Å². The average Bonchev–Trinajstić information content (AvgIpc) is 2.62. The fourth-order valence-electron chi connectivity index (χ4n) is 2.91. The van der Waals surface area contributed by atoms with E-state index in [1.165, 1.54) is 0 Å². The van der Waals surface area contributed by atoms with Crippen LogP contribution in [0.1, 0.15) is 17.2 Å². The van der Waals surface area contributed by atoms with E-state index < -0.39 is 5.92 Å². The van der Waals surface area contributed by atoms with Gasteiger partial charge >= 0.3 is 0 Å². The number of para-hydroxylation sites is 2. The molecule has 0 aliphatic rings. The second-order valence-electron chi connectivity index (χ2n) is 5.41. The average molecular weight is 295 g/mol. The fraction of sp³-hybridized carbons (Fsp3) is 0.0500. The number of hydrogen-bond donors (Lipinski definition) is 0. The van der Waals surface area contributed by atoms with Gasteiger partial charge in [-0.1, -0.05) is 54.6 Å². The van der Waals surface area contributed by atoms with Crippen molar-refractivity contribution in [2.24, 2.45) is 0 Å². The lowest BCUT2D eigenvalue weighted by Gasteiger charge is -2.12. The molecular weight excluding hydrogens is 282 g/mol. The van der Waals surface area contributed by atoms with Gasteiger partial charge in [-0.05, 0) is 28.5 Å². The van der Waals surface area contributed by atoms with Gasteiger partial charge in [0.15, 0.2) is 0 Å². The second-order valence-corrected chi connectivity index (χ2v) is 5.41. The standard InChI is InChI=1S/C20H13N3/c21-12-17(16-9-5-7-14-6-1-2-8-15(14)16)20-13-22-18-10-3-4-11-19(18)23-20/h1-11,13,17H/t17-/m0/s1. The molecule has 108 valence electrons. The molecule has 3 nitrogen and oxygen atoms in total. The zero-order chi connectivity index (χ0) is 15.6. The van der Waals surface area contributed by atoms with Crippen LogP contribution in [0, 0.1) is 11.3 Å². The minimum atomic E-state index is -0.432. The van der Waals surface area contributed by atoms with Crippen molar-refractivity contribution in [2.45, 2.75) is 5.92 Å². The lowest BCUT2D eigenvalue weighted by Crippen LogP contribution is -2.03. The molecule has 0 spiro atoms. The number of nitrogens with zero attached hydrogens (tertiary/aromatic N) is 3. The maximum atomic E-state index is 9.75. The minimum absolute atomic E-state index is 0.432. The van der Waals surface area contributed by atoms with E-state index in [1.54, 1.807) is 6.20 Å². The molecule has 0 N–H and O–H groups in total. The Morgan fingerprint density at radius 1 is 0.826 bits per heavy atom. The van der Waals surface area contributed by atoms with Gasteiger partial charge < -0.3 is 0 Å². The van der Waals surface area contributed by atoms with Crippen molar-refractivity contribution in [3.05, 3.63) is 84.2 Å². The van der Waals surface area contributed by atoms with Crippen LogP contribution in [0.5, 0.6) is 0 Å². The van der Waals surface area contributed by atoms with E-state index in [0.29, 0.717) is 5.69 Å². The third-order valence-electron chi connectivity index (χ3n) is 4.03. The van der Waals surface area contributed by atoms with Crippen LogP contribution in [-0.2, 0) is 0 Å². The Bertz CT molecular complexity index is 1040. The zero-order valence-electron chi connectivity index (χ0n) is 12.3. The summed E-state index contributed by atoms with van der Waals surface area (Å²) in [6, 6.07) is 24.2. The maximum absolute atomic E-state index is 9.75. The SMILES string of the molecule is N#C[C@H](c1cnc2ccccc2n1)c1cccc2ccccc12. The predicted molar refractivity (Wildman–Crippen MR) is 90.9 cm³/mol. The largest absolute Gasteiger partial charge is 0.253 e. The monoisotopic (exact) mass is 295 g/mol. The molecule has 0 radical (unpaired) electrons. The quantitative estimate of drug-likeness (QED) is 0.549. The lowest BCUT2D eigenvalue weighted by molar-refractivity contribution is 0.972. The van der Waals surface area contributed by atoms with Crippen LogP contribution in [0.3, 0.4) is 0 Å². The van der Waals surface area contributed by atoms with E-state index in [1.807, 2.05) is 54.6 Å². The highest BCUT2D eigenvalue weighted by Gasteiger charge is 2.18. The van der Waals surface area contributed by atoms with E-state index in [0.717, 1.165) is 27.4 Å². The maximum Gasteiger partial charge on any atom is 0.116 e. The van der Waals surface area contributed by atoms with E-state index in [2.05, 4.69) is 28.2 Å². The van der Waals surface area contributed by atoms with E-state index in [4.69, 9.17) is 0 Å². The van der Waals surface area contributed by atoms with Crippen LogP contribution in [-0.4, -0.2) is 9.97 Å². The Labute approximate surface area is 133 Å². The van der Waals surface area contributed by atoms with Crippen LogP contribution < -0.4 is 0 Å². The third-order valence-corrected chi connectivity index (χ3v) is 4.03. The van der Waals surface area contributed by atoms with Gasteiger partial charge in [0.1, 0.15) is 5.92 Å². The van der Waals surface area contributed by atoms with Gasteiger partial charge in [-0.2, -0.15) is 5.26 Å². The number of benzene rings is 3. The molecule has 0 saturated carbocycles. The van der Waals surface area contributed by atoms with Crippen molar-refractivity contribution < 1.29 is 0 Å². The van der Waals surface area contributed by atoms with Crippen molar-refractivity contribution in [1.82, 2.24) is 9.97 Å². The normalized spacial score (nSPS) is 12.1. The first-order chi connectivity index (χ1) is 11.4. The van der Waals surface area contributed by atoms with Crippen LogP contribution in [0.25, 0.3) is 21.8 Å². The van der Waals surface area contributed by atoms with Crippen LogP contribution in [0.2, 0.25) is 0 Å². The number of rotatable bonds is 2. The number of hydrogen-bond acceptors (Lipinski definition) is 3. The molecule has 1 aromatic heterocycles. The van der Waals surface area contributed by atoms with Crippen LogP contribution in [0.15, 0.2) is 72.9 Å². The highest BCUT2D eigenvalue weighted by atomic mass is 14.8. The molecular formula is C20H13N3. The van der Waals surface area contributed by atoms with Gasteiger partial charge in [-0.25, -0.2) is 4.98 Å². The molecule has 23 heavy (non-hydrogen) atoms. The van der Waals surface area contributed by atoms with Crippen molar-refractivity contribution in [1.29, 1.82) is 5.26 Å². The van der Waals surface area contributed by atoms with Gasteiger partial charge in [0, 0.05) is 0 Å². The zero-order valence-corrected chi connectivity index (χ0v) is 12.3. The Hall–Kier alpha value is -3.25. The Morgan fingerprint density at radius 3 is 2.43 bits per heavy atom. The molecule has 0 unspecified atom stereocenters. The molecule has 0 fully saturated rings. The van der Waals surface area contributed by atoms with E-state index in [-0.39, 0.29) is 0 Å². The number of aromatic nitrogens is 2. The molecule has 0 aliphatic carbocycles. The highest BCUT2D eigenvalue weighted by molar-refractivity contribution is 5.87. The van der Waals surface area contributed by atoms with Gasteiger partial charge in [0.2, 0.25) is 0 Å². The van der Waals surface area contributed by atoms with Gasteiger partial charge in [-0.3, -0.25) is 4.98 Å². The lowest BCUT2D eigenvalue weighted by atomic mass is 9.92. The third kappa shape index (κ3) is 2.31. The Kier molecular flexibility index (Phi) is 3.21. The molecule has 1 heterocycles. The first-order valence-electron chi connectivity index (χ1n) is 7.46. The topological polar surface area (TPSA) is 49.6 Å². The smallest absolute Gasteiger partial charge is 0.116 e. The summed E-state index contributed by atoms with van der Waals surface area (Å²) in [6.45, 7) is 0. The van der Waals surface area contributed by atoms with Crippen LogP contribution in [0.4, 0.5) is 0 Å². The first-order valence-corrected chi connectivity index (χ1v) is 7.46. The summed E-state index contributed by atoms with van der Waals surface area (Å²) in [5.41, 5.74) is 3.30. The molecule has 4 rings (SSSR count). The van der Waals surface area contributed by atoms with Gasteiger partial charge in [0.25, 0.3) is 0 Å². The Morgan fingerprint density at radius 2 is 1.57 bits per heavy atom. The summed E-state index contributed by atoms with van der Waals surface area (Å²) < 4.78 is 0. The molecule has 0 bridgehead atoms. The molecule has 3 aromatic carbocycles. The Balaban J connectivity index is 1.91. The van der Waals surface area contributed by atoms with Gasteiger partial charge in [-0.15, -0.1) is 0 Å². The van der Waals surface area contributed by atoms with E-state index in [9.17, 15) is 5.26 Å². The molecule has 1 atom stereocenters. The molecule has 0 aliphatic heterocycles. The second kappa shape index (κ2) is 5.51. The first kappa shape index (κ1) is 13.4. The number of fused-ring (bicyclic) bond motifs is 2. The van der Waals surface area contributed by atoms with E-state index >= 15 is 0 Å². The highest BCUT2D eigenvalue weighted by Crippen LogP contribution is 2.29. The summed E-state index contributed by atoms with van der Waals surface area (Å²) in [7, 11) is 0. The van der Waals surface area contributed by atoms with Crippen molar-refractivity contribution in [2.75, 3.05) is 0 Å². The summed E-state index contributed by atoms with van der Waals surface area (Å²) in [6.07, 6.45) is 1.71. The van der Waals surface area contributed by atoms with Crippen molar-refractivity contribution in [3.8, 4) is 6.07 Å². The summed E-state index contributed by atoms with van der Waals surface area (Å²) >= 11 is 0. The fourth-order valence-corrected chi connectivity index (χ4v) is 2.91. The summed E-state index contributed by atoms with van der Waals surface area (Å²) in [4.78, 5) is 9.09. The summed E-state index contributed by atoms with van der Waals surface area (Å²) in [5, 5.41) is 12.0. The number of nitriles is 1. The molecule has 3 heteroatoms. The molecule has 0 saturated heterocycles. The predicted octanol–water partition coefficient (Wildman–Crippen LogP) is 4.44. The molecule has 4 aromatic rings.